The number of hydrogen-bond donors (Lipinski definition) is 1. The average molecular weight is 390 g/mol. The molecule has 2 N–H and O–H groups in total. The molecular weight excluding hydrogens is 364 g/mol. The van der Waals surface area contributed by atoms with E-state index in [-0.39, 0.29) is 6.61 Å². The van der Waals surface area contributed by atoms with Gasteiger partial charge in [0.2, 0.25) is 0 Å². The zero-order chi connectivity index (χ0) is 20.0. The monoisotopic (exact) mass is 390 g/mol. The summed E-state index contributed by atoms with van der Waals surface area (Å²) in [7, 11) is 3.11. The second-order valence-electron chi connectivity index (χ2n) is 6.67. The van der Waals surface area contributed by atoms with Crippen LogP contribution in [0.3, 0.4) is 0 Å². The highest BCUT2D eigenvalue weighted by Gasteiger charge is 2.35. The van der Waals surface area contributed by atoms with Crippen molar-refractivity contribution < 1.29 is 28.6 Å². The van der Waals surface area contributed by atoms with E-state index in [1.54, 1.807) is 7.11 Å². The fraction of sp³-hybridized carbons (Fsp3) is 0.500. The second kappa shape index (κ2) is 9.07. The molecule has 28 heavy (non-hydrogen) atoms. The third-order valence-corrected chi connectivity index (χ3v) is 5.03. The molecule has 0 amide bonds. The van der Waals surface area contributed by atoms with Gasteiger partial charge in [-0.25, -0.2) is 4.79 Å². The summed E-state index contributed by atoms with van der Waals surface area (Å²) < 4.78 is 22.0. The van der Waals surface area contributed by atoms with E-state index in [9.17, 15) is 4.79 Å². The highest BCUT2D eigenvalue weighted by Crippen LogP contribution is 2.30. The van der Waals surface area contributed by atoms with Crippen molar-refractivity contribution in [1.82, 2.24) is 0 Å². The van der Waals surface area contributed by atoms with Gasteiger partial charge in [0.15, 0.2) is 0 Å². The number of carbonyl (C=O) groups is 1. The summed E-state index contributed by atoms with van der Waals surface area (Å²) in [6.07, 6.45) is 3.19. The Balaban J connectivity index is 1.64. The minimum Gasteiger partial charge on any atom is -0.492 e. The molecule has 0 radical (unpaired) electrons. The molecule has 0 aliphatic carbocycles. The average Bonchev–Trinajstić information content (AvgIpc) is 2.73. The Labute approximate surface area is 164 Å². The van der Waals surface area contributed by atoms with Crippen LogP contribution in [-0.2, 0) is 30.4 Å². The molecule has 0 unspecified atom stereocenters. The van der Waals surface area contributed by atoms with Gasteiger partial charge in [0.05, 0.1) is 12.3 Å². The molecule has 0 atom stereocenters. The van der Waals surface area contributed by atoms with E-state index >= 15 is 0 Å². The van der Waals surface area contributed by atoms with E-state index in [0.717, 1.165) is 16.8 Å². The lowest BCUT2D eigenvalue weighted by molar-refractivity contribution is -0.139. The highest BCUT2D eigenvalue weighted by molar-refractivity contribution is 6.03. The van der Waals surface area contributed by atoms with E-state index in [1.165, 1.54) is 13.2 Å². The standard InChI is InChI=1S/C20H26N2O6/c1-24-20(6-9-26-10-7-20)18(21)12-19(23)28-13-14-3-4-15-16(22-25-2)5-8-27-17(15)11-14/h3-4,11-12H,5-10,13,21H2,1-2H3/b18-12-,22-16+. The number of ether oxygens (including phenoxy) is 4. The van der Waals surface area contributed by atoms with Gasteiger partial charge in [-0.2, -0.15) is 0 Å². The van der Waals surface area contributed by atoms with Gasteiger partial charge in [0.25, 0.3) is 0 Å². The van der Waals surface area contributed by atoms with Crippen LogP contribution in [0.2, 0.25) is 0 Å². The van der Waals surface area contributed by atoms with Crippen LogP contribution in [0.4, 0.5) is 0 Å². The maximum Gasteiger partial charge on any atom is 0.332 e. The lowest BCUT2D eigenvalue weighted by Crippen LogP contribution is -2.43. The summed E-state index contributed by atoms with van der Waals surface area (Å²) in [6, 6.07) is 5.60. The summed E-state index contributed by atoms with van der Waals surface area (Å²) in [6.45, 7) is 1.72. The van der Waals surface area contributed by atoms with Gasteiger partial charge < -0.3 is 29.5 Å². The third-order valence-electron chi connectivity index (χ3n) is 5.03. The van der Waals surface area contributed by atoms with Crippen LogP contribution in [0.25, 0.3) is 0 Å². The molecule has 1 saturated heterocycles. The Morgan fingerprint density at radius 3 is 2.79 bits per heavy atom. The number of hydrogen-bond acceptors (Lipinski definition) is 8. The van der Waals surface area contributed by atoms with Crippen molar-refractivity contribution in [2.24, 2.45) is 10.9 Å². The van der Waals surface area contributed by atoms with Crippen molar-refractivity contribution in [3.8, 4) is 5.75 Å². The molecule has 2 aliphatic heterocycles. The van der Waals surface area contributed by atoms with Gasteiger partial charge in [-0.1, -0.05) is 11.2 Å². The predicted octanol–water partition coefficient (Wildman–Crippen LogP) is 1.90. The van der Waals surface area contributed by atoms with E-state index in [4.69, 9.17) is 29.5 Å². The van der Waals surface area contributed by atoms with Crippen LogP contribution in [0.15, 0.2) is 35.1 Å². The van der Waals surface area contributed by atoms with E-state index in [1.807, 2.05) is 18.2 Å². The summed E-state index contributed by atoms with van der Waals surface area (Å²) >= 11 is 0. The van der Waals surface area contributed by atoms with E-state index in [0.29, 0.717) is 50.5 Å². The largest absolute Gasteiger partial charge is 0.492 e. The van der Waals surface area contributed by atoms with Gasteiger partial charge in [-0.05, 0) is 17.7 Å². The molecule has 0 aromatic heterocycles. The minimum absolute atomic E-state index is 0.110. The molecule has 8 heteroatoms. The minimum atomic E-state index is -0.673. The number of nitrogens with zero attached hydrogens (tertiary/aromatic N) is 1. The molecule has 0 spiro atoms. The number of methoxy groups -OCH3 is 1. The first kappa shape index (κ1) is 20.2. The molecule has 1 aromatic carbocycles. The Morgan fingerprint density at radius 1 is 1.29 bits per heavy atom. The first-order chi connectivity index (χ1) is 13.6. The maximum absolute atomic E-state index is 12.2. The number of esters is 1. The van der Waals surface area contributed by atoms with Crippen molar-refractivity contribution >= 4 is 11.7 Å². The normalized spacial score (nSPS) is 20.2. The van der Waals surface area contributed by atoms with Crippen LogP contribution in [0.1, 0.15) is 30.4 Å². The number of benzene rings is 1. The SMILES string of the molecule is CO/N=C1\CCOc2cc(COC(=O)/C=C(\N)C3(OC)CCOCC3)ccc21. The van der Waals surface area contributed by atoms with Gasteiger partial charge >= 0.3 is 5.97 Å². The Kier molecular flexibility index (Phi) is 6.53. The van der Waals surface area contributed by atoms with Gasteiger partial charge in [-0.15, -0.1) is 0 Å². The number of carbonyl (C=O) groups excluding carboxylic acids is 1. The first-order valence-corrected chi connectivity index (χ1v) is 9.21. The summed E-state index contributed by atoms with van der Waals surface area (Å²) in [5.74, 6) is 0.187. The lowest BCUT2D eigenvalue weighted by Gasteiger charge is -2.36. The molecule has 0 saturated carbocycles. The van der Waals surface area contributed by atoms with Crippen molar-refractivity contribution in [3.05, 3.63) is 41.1 Å². The smallest absolute Gasteiger partial charge is 0.332 e. The summed E-state index contributed by atoms with van der Waals surface area (Å²) in [4.78, 5) is 17.1. The van der Waals surface area contributed by atoms with Crippen molar-refractivity contribution in [2.45, 2.75) is 31.5 Å². The van der Waals surface area contributed by atoms with Gasteiger partial charge in [-0.3, -0.25) is 0 Å². The topological polar surface area (TPSA) is 102 Å². The van der Waals surface area contributed by atoms with Crippen LogP contribution in [-0.4, -0.2) is 51.3 Å². The molecule has 1 aromatic rings. The number of oxime groups is 1. The van der Waals surface area contributed by atoms with Crippen LogP contribution < -0.4 is 10.5 Å². The zero-order valence-electron chi connectivity index (χ0n) is 16.2. The number of nitrogens with two attached hydrogens (primary N) is 1. The van der Waals surface area contributed by atoms with E-state index in [2.05, 4.69) is 5.16 Å². The van der Waals surface area contributed by atoms with Crippen molar-refractivity contribution in [3.63, 3.8) is 0 Å². The summed E-state index contributed by atoms with van der Waals surface area (Å²) in [5.41, 5.74) is 8.35. The quantitative estimate of drug-likeness (QED) is 0.450. The zero-order valence-corrected chi connectivity index (χ0v) is 16.2. The Morgan fingerprint density at radius 2 is 2.07 bits per heavy atom. The third kappa shape index (κ3) is 4.45. The second-order valence-corrected chi connectivity index (χ2v) is 6.67. The Hall–Kier alpha value is -2.58. The molecule has 3 rings (SSSR count). The summed E-state index contributed by atoms with van der Waals surface area (Å²) in [5, 5.41) is 4.03. The molecule has 2 heterocycles. The van der Waals surface area contributed by atoms with Crippen LogP contribution in [0.5, 0.6) is 5.75 Å². The number of fused-ring (bicyclic) bond motifs is 1. The fourth-order valence-corrected chi connectivity index (χ4v) is 3.38. The van der Waals surface area contributed by atoms with E-state index < -0.39 is 11.6 Å². The number of rotatable bonds is 6. The lowest BCUT2D eigenvalue weighted by atomic mass is 9.90. The van der Waals surface area contributed by atoms with Gasteiger partial charge in [0.1, 0.15) is 25.1 Å². The molecule has 152 valence electrons. The molecule has 2 aliphatic rings. The maximum atomic E-state index is 12.2. The van der Waals surface area contributed by atoms with Crippen molar-refractivity contribution in [1.29, 1.82) is 0 Å². The Bertz CT molecular complexity index is 768. The molecule has 0 bridgehead atoms. The molecular formula is C20H26N2O6. The van der Waals surface area contributed by atoms with Crippen LogP contribution >= 0.6 is 0 Å². The van der Waals surface area contributed by atoms with Crippen LogP contribution in [0, 0.1) is 0 Å². The molecule has 8 nitrogen and oxygen atoms in total. The fourth-order valence-electron chi connectivity index (χ4n) is 3.38. The highest BCUT2D eigenvalue weighted by atomic mass is 16.6. The molecule has 1 fully saturated rings. The van der Waals surface area contributed by atoms with Gasteiger partial charge in [0, 0.05) is 56.9 Å². The van der Waals surface area contributed by atoms with Crippen molar-refractivity contribution in [2.75, 3.05) is 34.0 Å². The predicted molar refractivity (Wildman–Crippen MR) is 102 cm³/mol. The first-order valence-electron chi connectivity index (χ1n) is 9.21.